The van der Waals surface area contributed by atoms with Crippen molar-refractivity contribution in [3.63, 3.8) is 0 Å². The van der Waals surface area contributed by atoms with E-state index in [1.807, 2.05) is 5.32 Å². The molecule has 10 heteroatoms. The lowest BCUT2D eigenvalue weighted by Gasteiger charge is -2.11. The summed E-state index contributed by atoms with van der Waals surface area (Å²) in [6.45, 7) is 1.95. The third-order valence-corrected chi connectivity index (χ3v) is 4.01. The van der Waals surface area contributed by atoms with Crippen molar-refractivity contribution in [1.29, 1.82) is 0 Å². The number of carbonyl (C=O) groups excluding carboxylic acids is 4. The van der Waals surface area contributed by atoms with Crippen molar-refractivity contribution < 1.29 is 23.9 Å². The number of primary amides is 1. The first-order chi connectivity index (χ1) is 10.9. The van der Waals surface area contributed by atoms with E-state index in [-0.39, 0.29) is 12.3 Å². The number of nitrogens with one attached hydrogen (secondary N) is 1. The van der Waals surface area contributed by atoms with Gasteiger partial charge in [0.2, 0.25) is 5.91 Å². The first-order valence-electron chi connectivity index (χ1n) is 6.91. The minimum absolute atomic E-state index is 0.0187. The third kappa shape index (κ3) is 4.49. The number of thiazole rings is 1. The van der Waals surface area contributed by atoms with Gasteiger partial charge in [-0.2, -0.15) is 0 Å². The number of urea groups is 1. The molecule has 4 amide bonds. The minimum atomic E-state index is -1.15. The monoisotopic (exact) mass is 340 g/mol. The molecule has 1 atom stereocenters. The maximum Gasteiger partial charge on any atom is 0.318 e. The number of amides is 4. The van der Waals surface area contributed by atoms with Crippen LogP contribution in [0.1, 0.15) is 25.5 Å². The van der Waals surface area contributed by atoms with Crippen molar-refractivity contribution in [3.05, 3.63) is 11.1 Å². The second kappa shape index (κ2) is 7.18. The van der Waals surface area contributed by atoms with Gasteiger partial charge in [0, 0.05) is 18.3 Å². The molecule has 0 aromatic carbocycles. The molecule has 2 heterocycles. The number of carbonyl (C=O) groups is 4. The Hall–Kier alpha value is -2.49. The van der Waals surface area contributed by atoms with Gasteiger partial charge in [-0.05, 0) is 13.3 Å². The van der Waals surface area contributed by atoms with Crippen LogP contribution >= 0.6 is 11.3 Å². The van der Waals surface area contributed by atoms with Gasteiger partial charge in [0.05, 0.1) is 12.1 Å². The van der Waals surface area contributed by atoms with Gasteiger partial charge in [-0.25, -0.2) is 9.78 Å². The molecule has 1 aromatic rings. The molecule has 1 aliphatic heterocycles. The molecule has 1 aliphatic rings. The Morgan fingerprint density at radius 1 is 1.52 bits per heavy atom. The fourth-order valence-corrected chi connectivity index (χ4v) is 2.88. The number of nitrogens with zero attached hydrogens (tertiary/aromatic N) is 2. The number of aromatic nitrogens is 1. The SMILES string of the molecule is C[C@H](OC(=O)Cc1csc(N2CCCC2=O)n1)C(=O)NC(N)=O. The van der Waals surface area contributed by atoms with Gasteiger partial charge in [-0.15, -0.1) is 11.3 Å². The molecule has 0 saturated carbocycles. The highest BCUT2D eigenvalue weighted by Crippen LogP contribution is 2.25. The number of esters is 1. The van der Waals surface area contributed by atoms with Crippen LogP contribution in [0.25, 0.3) is 0 Å². The number of ether oxygens (including phenoxy) is 1. The maximum absolute atomic E-state index is 11.8. The molecule has 0 bridgehead atoms. The lowest BCUT2D eigenvalue weighted by molar-refractivity contribution is -0.153. The standard InChI is InChI=1S/C13H16N4O5S/c1-7(11(20)16-12(14)21)22-10(19)5-8-6-23-13(15-8)17-4-2-3-9(17)18/h6-7H,2-5H2,1H3,(H3,14,16,20,21)/t7-/m0/s1. The van der Waals surface area contributed by atoms with Crippen LogP contribution < -0.4 is 16.0 Å². The number of anilines is 1. The molecule has 2 rings (SSSR count). The Morgan fingerprint density at radius 3 is 2.87 bits per heavy atom. The van der Waals surface area contributed by atoms with Gasteiger partial charge in [0.25, 0.3) is 5.91 Å². The maximum atomic E-state index is 11.8. The minimum Gasteiger partial charge on any atom is -0.452 e. The van der Waals surface area contributed by atoms with Gasteiger partial charge in [-0.3, -0.25) is 24.6 Å². The van der Waals surface area contributed by atoms with Crippen LogP contribution in [0.2, 0.25) is 0 Å². The largest absolute Gasteiger partial charge is 0.452 e. The van der Waals surface area contributed by atoms with E-state index in [2.05, 4.69) is 4.98 Å². The molecule has 3 N–H and O–H groups in total. The summed E-state index contributed by atoms with van der Waals surface area (Å²) in [5, 5.41) is 4.04. The zero-order chi connectivity index (χ0) is 17.0. The van der Waals surface area contributed by atoms with Gasteiger partial charge in [0.15, 0.2) is 11.2 Å². The fraction of sp³-hybridized carbons (Fsp3) is 0.462. The molecule has 124 valence electrons. The smallest absolute Gasteiger partial charge is 0.318 e. The van der Waals surface area contributed by atoms with E-state index in [1.165, 1.54) is 18.3 Å². The van der Waals surface area contributed by atoms with Crippen LogP contribution in [0.4, 0.5) is 9.93 Å². The normalized spacial score (nSPS) is 15.3. The highest BCUT2D eigenvalue weighted by atomic mass is 32.1. The van der Waals surface area contributed by atoms with Crippen molar-refractivity contribution in [3.8, 4) is 0 Å². The molecule has 0 radical (unpaired) electrons. The van der Waals surface area contributed by atoms with Crippen LogP contribution in [-0.2, 0) is 25.5 Å². The average molecular weight is 340 g/mol. The zero-order valence-electron chi connectivity index (χ0n) is 12.4. The van der Waals surface area contributed by atoms with E-state index in [0.29, 0.717) is 23.8 Å². The summed E-state index contributed by atoms with van der Waals surface area (Å²) in [7, 11) is 0. The van der Waals surface area contributed by atoms with Crippen molar-refractivity contribution >= 4 is 40.3 Å². The highest BCUT2D eigenvalue weighted by molar-refractivity contribution is 7.14. The summed E-state index contributed by atoms with van der Waals surface area (Å²) in [4.78, 5) is 51.2. The quantitative estimate of drug-likeness (QED) is 0.722. The summed E-state index contributed by atoms with van der Waals surface area (Å²) in [6, 6.07) is -1.02. The lowest BCUT2D eigenvalue weighted by Crippen LogP contribution is -2.42. The Kier molecular flexibility index (Phi) is 5.27. The number of hydrogen-bond donors (Lipinski definition) is 2. The summed E-state index contributed by atoms with van der Waals surface area (Å²) in [6.07, 6.45) is 0.0200. The predicted molar refractivity (Wildman–Crippen MR) is 80.7 cm³/mol. The van der Waals surface area contributed by atoms with Gasteiger partial charge < -0.3 is 10.5 Å². The third-order valence-electron chi connectivity index (χ3n) is 3.09. The lowest BCUT2D eigenvalue weighted by atomic mass is 10.3. The second-order valence-electron chi connectivity index (χ2n) is 4.93. The predicted octanol–water partition coefficient (Wildman–Crippen LogP) is -0.0610. The number of imide groups is 1. The number of rotatable bonds is 5. The van der Waals surface area contributed by atoms with E-state index in [4.69, 9.17) is 10.5 Å². The van der Waals surface area contributed by atoms with Crippen LogP contribution in [-0.4, -0.2) is 41.4 Å². The van der Waals surface area contributed by atoms with E-state index in [1.54, 1.807) is 10.3 Å². The summed E-state index contributed by atoms with van der Waals surface area (Å²) in [5.74, 6) is -1.44. The van der Waals surface area contributed by atoms with Crippen LogP contribution in [0.3, 0.4) is 0 Å². The van der Waals surface area contributed by atoms with Crippen molar-refractivity contribution in [1.82, 2.24) is 10.3 Å². The first-order valence-corrected chi connectivity index (χ1v) is 7.79. The molecule has 0 unspecified atom stereocenters. The molecular formula is C13H16N4O5S. The molecule has 9 nitrogen and oxygen atoms in total. The van der Waals surface area contributed by atoms with Crippen molar-refractivity contribution in [2.75, 3.05) is 11.4 Å². The Morgan fingerprint density at radius 2 is 2.26 bits per heavy atom. The van der Waals surface area contributed by atoms with E-state index in [9.17, 15) is 19.2 Å². The van der Waals surface area contributed by atoms with Crippen molar-refractivity contribution in [2.45, 2.75) is 32.3 Å². The van der Waals surface area contributed by atoms with Gasteiger partial charge >= 0.3 is 12.0 Å². The number of nitrogens with two attached hydrogens (primary N) is 1. The summed E-state index contributed by atoms with van der Waals surface area (Å²) >= 11 is 1.27. The van der Waals surface area contributed by atoms with Crippen LogP contribution in [0.5, 0.6) is 0 Å². The first kappa shape index (κ1) is 16.9. The van der Waals surface area contributed by atoms with E-state index in [0.717, 1.165) is 6.42 Å². The van der Waals surface area contributed by atoms with Gasteiger partial charge in [0.1, 0.15) is 0 Å². The molecule has 23 heavy (non-hydrogen) atoms. The topological polar surface area (TPSA) is 132 Å². The van der Waals surface area contributed by atoms with E-state index < -0.39 is 24.0 Å². The van der Waals surface area contributed by atoms with Crippen LogP contribution in [0.15, 0.2) is 5.38 Å². The Labute approximate surface area is 135 Å². The highest BCUT2D eigenvalue weighted by Gasteiger charge is 2.25. The number of hydrogen-bond acceptors (Lipinski definition) is 7. The zero-order valence-corrected chi connectivity index (χ0v) is 13.2. The van der Waals surface area contributed by atoms with E-state index >= 15 is 0 Å². The summed E-state index contributed by atoms with van der Waals surface area (Å²) < 4.78 is 4.90. The Bertz CT molecular complexity index is 644. The molecule has 1 fully saturated rings. The Balaban J connectivity index is 1.88. The molecule has 1 saturated heterocycles. The van der Waals surface area contributed by atoms with Crippen molar-refractivity contribution in [2.24, 2.45) is 5.73 Å². The molecular weight excluding hydrogens is 324 g/mol. The van der Waals surface area contributed by atoms with Crippen LogP contribution in [0, 0.1) is 0 Å². The second-order valence-corrected chi connectivity index (χ2v) is 5.77. The molecule has 0 spiro atoms. The molecule has 1 aromatic heterocycles. The van der Waals surface area contributed by atoms with Gasteiger partial charge in [-0.1, -0.05) is 0 Å². The fourth-order valence-electron chi connectivity index (χ4n) is 2.02. The summed E-state index contributed by atoms with van der Waals surface area (Å²) in [5.41, 5.74) is 5.26. The average Bonchev–Trinajstić information content (AvgIpc) is 3.06. The molecule has 0 aliphatic carbocycles.